The molecule has 0 radical (unpaired) electrons. The van der Waals surface area contributed by atoms with E-state index in [1.165, 1.54) is 0 Å². The van der Waals surface area contributed by atoms with Gasteiger partial charge in [0.25, 0.3) is 0 Å². The Balaban J connectivity index is 0.991. The summed E-state index contributed by atoms with van der Waals surface area (Å²) < 4.78 is 29.1. The maximum atomic E-state index is 13.9. The van der Waals surface area contributed by atoms with Crippen molar-refractivity contribution in [1.29, 1.82) is 0 Å². The number of hydrogen-bond acceptors (Lipinski definition) is 7. The lowest BCUT2D eigenvalue weighted by atomic mass is 9.88. The van der Waals surface area contributed by atoms with E-state index in [1.54, 1.807) is 25.2 Å². The number of rotatable bonds is 11. The number of methoxy groups -OCH3 is 2. The number of carbonyl (C=O) groups excluding carboxylic acids is 2. The van der Waals surface area contributed by atoms with Gasteiger partial charge in [0.1, 0.15) is 48.9 Å². The first-order valence-electron chi connectivity index (χ1n) is 17.8. The molecule has 1 aliphatic carbocycles. The van der Waals surface area contributed by atoms with Gasteiger partial charge in [-0.15, -0.1) is 0 Å². The van der Waals surface area contributed by atoms with E-state index in [9.17, 15) is 9.59 Å². The molecule has 268 valence electrons. The zero-order valence-electron chi connectivity index (χ0n) is 29.6. The van der Waals surface area contributed by atoms with Crippen molar-refractivity contribution < 1.29 is 33.3 Å². The first-order chi connectivity index (χ1) is 26.0. The normalized spacial score (nSPS) is 16.9. The van der Waals surface area contributed by atoms with Crippen LogP contribution in [0, 0.1) is 0 Å². The highest BCUT2D eigenvalue weighted by Crippen LogP contribution is 2.45. The molecule has 0 fully saturated rings. The van der Waals surface area contributed by atoms with Crippen molar-refractivity contribution >= 4 is 12.0 Å². The number of benzene rings is 5. The average Bonchev–Trinajstić information content (AvgIpc) is 3.53. The van der Waals surface area contributed by atoms with E-state index in [4.69, 9.17) is 23.7 Å². The smallest absolute Gasteiger partial charge is 0.408 e. The van der Waals surface area contributed by atoms with Gasteiger partial charge >= 0.3 is 6.09 Å². The van der Waals surface area contributed by atoms with Crippen LogP contribution in [0.15, 0.2) is 121 Å². The third-order valence-corrected chi connectivity index (χ3v) is 10.2. The summed E-state index contributed by atoms with van der Waals surface area (Å²) in [6.45, 7) is 1.33. The van der Waals surface area contributed by atoms with Gasteiger partial charge in [-0.1, -0.05) is 84.9 Å². The first kappa shape index (κ1) is 33.9. The molecule has 5 aromatic rings. The summed E-state index contributed by atoms with van der Waals surface area (Å²) >= 11 is 0. The largest absolute Gasteiger partial charge is 0.497 e. The van der Waals surface area contributed by atoms with Gasteiger partial charge in [-0.2, -0.15) is 0 Å². The van der Waals surface area contributed by atoms with Crippen LogP contribution in [0.25, 0.3) is 11.1 Å². The number of hydrogen-bond donors (Lipinski definition) is 1. The lowest BCUT2D eigenvalue weighted by molar-refractivity contribution is -0.134. The van der Waals surface area contributed by atoms with E-state index in [2.05, 4.69) is 29.6 Å². The minimum Gasteiger partial charge on any atom is -0.497 e. The fourth-order valence-corrected chi connectivity index (χ4v) is 7.51. The van der Waals surface area contributed by atoms with Gasteiger partial charge in [-0.25, -0.2) is 4.79 Å². The highest BCUT2D eigenvalue weighted by Gasteiger charge is 2.39. The summed E-state index contributed by atoms with van der Waals surface area (Å²) in [5.41, 5.74) is 8.50. The maximum absolute atomic E-state index is 13.9. The second-order valence-electron chi connectivity index (χ2n) is 13.3. The van der Waals surface area contributed by atoms with Gasteiger partial charge in [0.2, 0.25) is 5.91 Å². The number of carbonyl (C=O) groups is 2. The number of ether oxygens (including phenoxy) is 5. The summed E-state index contributed by atoms with van der Waals surface area (Å²) in [4.78, 5) is 28.9. The van der Waals surface area contributed by atoms with Crippen LogP contribution in [-0.4, -0.2) is 50.3 Å². The van der Waals surface area contributed by atoms with Gasteiger partial charge < -0.3 is 33.9 Å². The van der Waals surface area contributed by atoms with Gasteiger partial charge in [0.05, 0.1) is 20.3 Å². The Morgan fingerprint density at radius 2 is 1.34 bits per heavy atom. The van der Waals surface area contributed by atoms with E-state index < -0.39 is 12.1 Å². The molecule has 5 aromatic carbocycles. The molecule has 0 saturated heterocycles. The Morgan fingerprint density at radius 3 is 1.96 bits per heavy atom. The van der Waals surface area contributed by atoms with Crippen molar-refractivity contribution in [3.8, 4) is 34.1 Å². The van der Waals surface area contributed by atoms with Crippen LogP contribution in [0.5, 0.6) is 23.0 Å². The monoisotopic (exact) mass is 708 g/mol. The number of nitrogens with one attached hydrogen (secondary N) is 1. The maximum Gasteiger partial charge on any atom is 0.408 e. The van der Waals surface area contributed by atoms with Crippen molar-refractivity contribution in [3.05, 3.63) is 155 Å². The van der Waals surface area contributed by atoms with Crippen LogP contribution >= 0.6 is 0 Å². The molecule has 3 aliphatic rings. The van der Waals surface area contributed by atoms with E-state index in [0.717, 1.165) is 56.0 Å². The molecule has 9 nitrogen and oxygen atoms in total. The molecule has 53 heavy (non-hydrogen) atoms. The van der Waals surface area contributed by atoms with Crippen LogP contribution in [0.2, 0.25) is 0 Å². The quantitative estimate of drug-likeness (QED) is 0.140. The van der Waals surface area contributed by atoms with Crippen LogP contribution in [0.1, 0.15) is 45.3 Å². The van der Waals surface area contributed by atoms with E-state index in [0.29, 0.717) is 37.7 Å². The van der Waals surface area contributed by atoms with Gasteiger partial charge in [0, 0.05) is 24.1 Å². The van der Waals surface area contributed by atoms with E-state index >= 15 is 0 Å². The number of nitrogens with zero attached hydrogens (tertiary/aromatic N) is 1. The molecule has 2 amide bonds. The van der Waals surface area contributed by atoms with Gasteiger partial charge in [-0.05, 0) is 75.7 Å². The highest BCUT2D eigenvalue weighted by atomic mass is 16.5. The lowest BCUT2D eigenvalue weighted by Crippen LogP contribution is -2.52. The van der Waals surface area contributed by atoms with Crippen LogP contribution in [0.4, 0.5) is 4.79 Å². The zero-order chi connectivity index (χ0) is 36.3. The molecular formula is C44H40N2O7. The molecule has 2 aliphatic heterocycles. The molecule has 0 aromatic heterocycles. The molecule has 2 heterocycles. The van der Waals surface area contributed by atoms with Crippen LogP contribution in [0.3, 0.4) is 0 Å². The van der Waals surface area contributed by atoms with Crippen molar-refractivity contribution in [2.75, 3.05) is 27.4 Å². The van der Waals surface area contributed by atoms with Crippen molar-refractivity contribution in [2.45, 2.75) is 37.6 Å². The first-order valence-corrected chi connectivity index (χ1v) is 17.8. The minimum absolute atomic E-state index is 0.0739. The lowest BCUT2D eigenvalue weighted by Gasteiger charge is -2.40. The highest BCUT2D eigenvalue weighted by molar-refractivity contribution is 5.89. The molecule has 1 N–H and O–H groups in total. The van der Waals surface area contributed by atoms with Crippen molar-refractivity contribution in [2.24, 2.45) is 0 Å². The molecule has 2 atom stereocenters. The predicted molar refractivity (Wildman–Crippen MR) is 200 cm³/mol. The topological polar surface area (TPSA) is 95.6 Å². The Hall–Kier alpha value is -6.22. The Morgan fingerprint density at radius 1 is 0.736 bits per heavy atom. The fourth-order valence-electron chi connectivity index (χ4n) is 7.51. The van der Waals surface area contributed by atoms with Gasteiger partial charge in [0.15, 0.2) is 0 Å². The molecule has 8 rings (SSSR count). The molecule has 0 unspecified atom stereocenters. The standard InChI is InChI=1S/C44H40N2O7/c1-49-31-15-11-28(12-16-31)25-51-33-23-30-21-22-46-40(42(30)41(24-33)52-26-29-13-17-32(50-2)18-14-29)20-19-39(43(46)47)45-44(48)53-27-38-36-9-5-3-7-34(36)35-8-4-6-10-37(35)38/h3-20,23-24,38-40H,21-22,25-27H2,1-2H3,(H,45,48)/t39-,40+/m0/s1. The molecule has 0 saturated carbocycles. The second kappa shape index (κ2) is 14.8. The Bertz CT molecular complexity index is 2120. The summed E-state index contributed by atoms with van der Waals surface area (Å²) in [6, 6.07) is 34.6. The van der Waals surface area contributed by atoms with Crippen molar-refractivity contribution in [1.82, 2.24) is 10.2 Å². The second-order valence-corrected chi connectivity index (χ2v) is 13.3. The average molecular weight is 709 g/mol. The zero-order valence-corrected chi connectivity index (χ0v) is 29.6. The Labute approximate surface area is 308 Å². The summed E-state index contributed by atoms with van der Waals surface area (Å²) in [5, 5.41) is 2.81. The number of amides is 2. The third kappa shape index (κ3) is 6.90. The molecule has 0 spiro atoms. The molecule has 0 bridgehead atoms. The molecular weight excluding hydrogens is 668 g/mol. The number of fused-ring (bicyclic) bond motifs is 6. The van der Waals surface area contributed by atoms with Crippen LogP contribution in [-0.2, 0) is 29.2 Å². The van der Waals surface area contributed by atoms with Crippen molar-refractivity contribution in [3.63, 3.8) is 0 Å². The summed E-state index contributed by atoms with van der Waals surface area (Å²) in [7, 11) is 3.28. The minimum atomic E-state index is -0.848. The van der Waals surface area contributed by atoms with E-state index in [1.807, 2.05) is 91.0 Å². The number of alkyl carbamates (subject to hydrolysis) is 1. The predicted octanol–water partition coefficient (Wildman–Crippen LogP) is 7.76. The van der Waals surface area contributed by atoms with Gasteiger partial charge in [-0.3, -0.25) is 4.79 Å². The summed E-state index contributed by atoms with van der Waals surface area (Å²) in [6.07, 6.45) is 3.68. The third-order valence-electron chi connectivity index (χ3n) is 10.2. The SMILES string of the molecule is COc1ccc(COc2cc3c(c(OCc4ccc(OC)cc4)c2)[C@H]2C=C[C@H](NC(=O)OCC4c5ccccc5-c5ccccc54)C(=O)N2CC3)cc1. The summed E-state index contributed by atoms with van der Waals surface area (Å²) in [5.74, 6) is 2.60. The van der Waals surface area contributed by atoms with Crippen LogP contribution < -0.4 is 24.3 Å². The molecule has 9 heteroatoms. The Kier molecular flexibility index (Phi) is 9.46. The van der Waals surface area contributed by atoms with E-state index in [-0.39, 0.29) is 24.5 Å². The fraction of sp³-hybridized carbons (Fsp3) is 0.227.